The normalized spacial score (nSPS) is 26.6. The molecule has 1 aromatic carbocycles. The fraction of sp³-hybridized carbons (Fsp3) is 0.312. The third-order valence-corrected chi connectivity index (χ3v) is 6.00. The largest absolute Gasteiger partial charge is 0.477 e. The van der Waals surface area contributed by atoms with Gasteiger partial charge in [0.15, 0.2) is 0 Å². The molecule has 25 heavy (non-hydrogen) atoms. The number of nitrogens with zero attached hydrogens (tertiary/aromatic N) is 1. The molecule has 8 nitrogen and oxygen atoms in total. The van der Waals surface area contributed by atoms with Gasteiger partial charge in [0.1, 0.15) is 23.2 Å². The van der Waals surface area contributed by atoms with E-state index in [1.807, 2.05) is 0 Å². The summed E-state index contributed by atoms with van der Waals surface area (Å²) in [4.78, 5) is 37.0. The van der Waals surface area contributed by atoms with Crippen LogP contribution >= 0.6 is 0 Å². The van der Waals surface area contributed by atoms with Crippen LogP contribution in [0, 0.1) is 0 Å². The molecule has 3 rings (SSSR count). The lowest BCUT2D eigenvalue weighted by atomic mass is 10.0. The van der Waals surface area contributed by atoms with Crippen molar-refractivity contribution >= 4 is 28.6 Å². The van der Waals surface area contributed by atoms with E-state index < -0.39 is 46.0 Å². The molecule has 0 bridgehead atoms. The Hall–Kier alpha value is -2.52. The average molecular weight is 363 g/mol. The van der Waals surface area contributed by atoms with Crippen molar-refractivity contribution in [1.82, 2.24) is 10.2 Å². The van der Waals surface area contributed by atoms with Crippen LogP contribution in [0.5, 0.6) is 0 Å². The van der Waals surface area contributed by atoms with Crippen LogP contribution in [0.1, 0.15) is 18.5 Å². The number of nitrogens with two attached hydrogens (primary N) is 1. The number of carboxylic acid groups (broad SMARTS) is 1. The second-order valence-corrected chi connectivity index (χ2v) is 7.47. The number of aliphatic carboxylic acids is 1. The molecule has 2 aliphatic heterocycles. The molecule has 0 spiro atoms. The summed E-state index contributed by atoms with van der Waals surface area (Å²) in [6, 6.07) is 6.62. The maximum atomic E-state index is 12.3. The first-order valence-electron chi connectivity index (χ1n) is 7.57. The Morgan fingerprint density at radius 1 is 1.36 bits per heavy atom. The third-order valence-electron chi connectivity index (χ3n) is 4.26. The quantitative estimate of drug-likeness (QED) is 0.616. The first-order valence-corrected chi connectivity index (χ1v) is 8.95. The predicted molar refractivity (Wildman–Crippen MR) is 89.3 cm³/mol. The molecule has 132 valence electrons. The molecule has 4 unspecified atom stereocenters. The minimum atomic E-state index is -1.49. The van der Waals surface area contributed by atoms with Crippen LogP contribution in [-0.4, -0.2) is 49.2 Å². The smallest absolute Gasteiger partial charge is 0.352 e. The van der Waals surface area contributed by atoms with E-state index in [2.05, 4.69) is 5.32 Å². The molecular weight excluding hydrogens is 346 g/mol. The van der Waals surface area contributed by atoms with Gasteiger partial charge in [-0.25, -0.2) is 4.79 Å². The molecule has 4 N–H and O–H groups in total. The van der Waals surface area contributed by atoms with Crippen molar-refractivity contribution in [2.75, 3.05) is 5.75 Å². The zero-order chi connectivity index (χ0) is 18.3. The van der Waals surface area contributed by atoms with E-state index in [0.29, 0.717) is 11.1 Å². The Kier molecular flexibility index (Phi) is 4.44. The van der Waals surface area contributed by atoms with E-state index in [1.54, 1.807) is 30.3 Å². The zero-order valence-corrected chi connectivity index (χ0v) is 14.2. The molecule has 0 aliphatic carbocycles. The van der Waals surface area contributed by atoms with Gasteiger partial charge in [-0.2, -0.15) is 0 Å². The number of amides is 2. The summed E-state index contributed by atoms with van der Waals surface area (Å²) in [5.41, 5.74) is 6.69. The lowest BCUT2D eigenvalue weighted by Gasteiger charge is -2.49. The number of β-lactam (4-membered cyclic amide) rings is 1. The van der Waals surface area contributed by atoms with Crippen molar-refractivity contribution in [3.8, 4) is 0 Å². The highest BCUT2D eigenvalue weighted by molar-refractivity contribution is 7.86. The van der Waals surface area contributed by atoms with E-state index >= 15 is 0 Å². The van der Waals surface area contributed by atoms with Crippen molar-refractivity contribution in [3.05, 3.63) is 47.2 Å². The maximum Gasteiger partial charge on any atom is 0.352 e. The van der Waals surface area contributed by atoms with E-state index in [9.17, 15) is 23.7 Å². The molecule has 1 aromatic rings. The first kappa shape index (κ1) is 17.3. The van der Waals surface area contributed by atoms with Crippen molar-refractivity contribution in [3.63, 3.8) is 0 Å². The third kappa shape index (κ3) is 2.85. The van der Waals surface area contributed by atoms with Crippen molar-refractivity contribution < 1.29 is 23.7 Å². The van der Waals surface area contributed by atoms with Crippen LogP contribution in [0.25, 0.3) is 0 Å². The van der Waals surface area contributed by atoms with E-state index in [0.717, 1.165) is 4.90 Å². The van der Waals surface area contributed by atoms with Crippen LogP contribution in [0.4, 0.5) is 0 Å². The number of rotatable bonds is 4. The number of nitrogens with one attached hydrogen (secondary N) is 1. The van der Waals surface area contributed by atoms with Gasteiger partial charge >= 0.3 is 5.97 Å². The summed E-state index contributed by atoms with van der Waals surface area (Å²) in [6.07, 6.45) is 0. The number of hydrogen-bond donors (Lipinski definition) is 3. The highest BCUT2D eigenvalue weighted by Gasteiger charge is 2.56. The Morgan fingerprint density at radius 3 is 2.60 bits per heavy atom. The zero-order valence-electron chi connectivity index (χ0n) is 13.3. The van der Waals surface area contributed by atoms with Gasteiger partial charge in [-0.3, -0.25) is 18.7 Å². The number of carboxylic acids is 1. The van der Waals surface area contributed by atoms with Crippen molar-refractivity contribution in [2.24, 2.45) is 5.73 Å². The topological polar surface area (TPSA) is 130 Å². The number of carbonyl (C=O) groups excluding carboxylic acids is 2. The van der Waals surface area contributed by atoms with Crippen LogP contribution in [0.15, 0.2) is 41.6 Å². The molecule has 2 amide bonds. The summed E-state index contributed by atoms with van der Waals surface area (Å²) in [5, 5.41) is 10.9. The molecule has 9 heteroatoms. The van der Waals surface area contributed by atoms with E-state index in [-0.39, 0.29) is 11.4 Å². The van der Waals surface area contributed by atoms with Crippen molar-refractivity contribution in [1.29, 1.82) is 0 Å². The van der Waals surface area contributed by atoms with Crippen LogP contribution < -0.4 is 11.1 Å². The molecule has 1 saturated heterocycles. The summed E-state index contributed by atoms with van der Waals surface area (Å²) < 4.78 is 12.3. The molecule has 0 radical (unpaired) electrons. The molecular formula is C16H17N3O5S. The summed E-state index contributed by atoms with van der Waals surface area (Å²) in [7, 11) is -1.49. The Bertz CT molecular complexity index is 807. The molecule has 1 fully saturated rings. The van der Waals surface area contributed by atoms with Crippen molar-refractivity contribution in [2.45, 2.75) is 24.4 Å². The van der Waals surface area contributed by atoms with Crippen LogP contribution in [0.2, 0.25) is 0 Å². The Balaban J connectivity index is 1.78. The monoisotopic (exact) mass is 363 g/mol. The fourth-order valence-corrected chi connectivity index (χ4v) is 4.68. The minimum Gasteiger partial charge on any atom is -0.477 e. The van der Waals surface area contributed by atoms with Gasteiger partial charge in [-0.1, -0.05) is 30.3 Å². The first-order chi connectivity index (χ1) is 11.8. The van der Waals surface area contributed by atoms with Gasteiger partial charge in [0.05, 0.1) is 10.8 Å². The van der Waals surface area contributed by atoms with Crippen LogP contribution in [-0.2, 0) is 25.2 Å². The molecule has 0 aromatic heterocycles. The highest BCUT2D eigenvalue weighted by Crippen LogP contribution is 2.34. The van der Waals surface area contributed by atoms with Crippen LogP contribution in [0.3, 0.4) is 0 Å². The lowest BCUT2D eigenvalue weighted by Crippen LogP contribution is -2.73. The fourth-order valence-electron chi connectivity index (χ4n) is 3.02. The molecule has 2 heterocycles. The van der Waals surface area contributed by atoms with Gasteiger partial charge in [0, 0.05) is 5.75 Å². The van der Waals surface area contributed by atoms with E-state index in [1.165, 1.54) is 6.92 Å². The second kappa shape index (κ2) is 6.41. The number of carbonyl (C=O) groups is 3. The predicted octanol–water partition coefficient (Wildman–Crippen LogP) is -0.540. The molecule has 4 atom stereocenters. The summed E-state index contributed by atoms with van der Waals surface area (Å²) in [6.45, 7) is 1.53. The highest BCUT2D eigenvalue weighted by atomic mass is 32.2. The van der Waals surface area contributed by atoms with Gasteiger partial charge in [-0.15, -0.1) is 0 Å². The Labute approximate surface area is 146 Å². The molecule has 2 aliphatic rings. The van der Waals surface area contributed by atoms with E-state index in [4.69, 9.17) is 5.73 Å². The number of benzene rings is 1. The maximum absolute atomic E-state index is 12.3. The molecule has 0 saturated carbocycles. The minimum absolute atomic E-state index is 0.0488. The van der Waals surface area contributed by atoms with Gasteiger partial charge in [-0.05, 0) is 18.1 Å². The summed E-state index contributed by atoms with van der Waals surface area (Å²) >= 11 is 0. The Morgan fingerprint density at radius 2 is 2.00 bits per heavy atom. The number of hydrogen-bond acceptors (Lipinski definition) is 5. The average Bonchev–Trinajstić information content (AvgIpc) is 2.58. The SMILES string of the molecule is CC1=C(C(=O)O)N2C(=O)C(NC(=O)C(N)c3ccccc3)C2S(=O)C1. The van der Waals surface area contributed by atoms with Gasteiger partial charge < -0.3 is 16.2 Å². The standard InChI is InChI=1S/C16H17N3O5S/c1-8-7-25(24)15-11(14(21)19(15)12(8)16(22)23)18-13(20)10(17)9-5-3-2-4-6-9/h2-6,10-11,15H,7,17H2,1H3,(H,18,20)(H,22,23). The van der Waals surface area contributed by atoms with Gasteiger partial charge in [0.25, 0.3) is 5.91 Å². The second-order valence-electron chi connectivity index (χ2n) is 5.93. The van der Waals surface area contributed by atoms with Gasteiger partial charge in [0.2, 0.25) is 5.91 Å². The summed E-state index contributed by atoms with van der Waals surface area (Å²) in [5.74, 6) is -2.38. The lowest BCUT2D eigenvalue weighted by molar-refractivity contribution is -0.151. The number of fused-ring (bicyclic) bond motifs is 1.